The van der Waals surface area contributed by atoms with Gasteiger partial charge in [0.05, 0.1) is 11.4 Å². The molecule has 0 aromatic carbocycles. The van der Waals surface area contributed by atoms with Crippen molar-refractivity contribution in [1.29, 1.82) is 0 Å². The molecule has 0 unspecified atom stereocenters. The first-order chi connectivity index (χ1) is 11.9. The van der Waals surface area contributed by atoms with E-state index in [1.54, 1.807) is 17.5 Å². The number of rotatable bonds is 4. The fraction of sp³-hybridized carbons (Fsp3) is 0.500. The maximum absolute atomic E-state index is 12.6. The lowest BCUT2D eigenvalue weighted by Crippen LogP contribution is -2.52. The summed E-state index contributed by atoms with van der Waals surface area (Å²) < 4.78 is 0. The molecule has 8 nitrogen and oxygen atoms in total. The van der Waals surface area contributed by atoms with E-state index >= 15 is 0 Å². The van der Waals surface area contributed by atoms with Gasteiger partial charge in [0.25, 0.3) is 17.7 Å². The highest BCUT2D eigenvalue weighted by Gasteiger charge is 2.52. The van der Waals surface area contributed by atoms with E-state index in [2.05, 4.69) is 23.0 Å². The molecule has 1 saturated heterocycles. The Hall–Kier alpha value is -2.42. The van der Waals surface area contributed by atoms with E-state index in [1.165, 1.54) is 11.3 Å². The van der Waals surface area contributed by atoms with Gasteiger partial charge in [-0.3, -0.25) is 19.8 Å². The van der Waals surface area contributed by atoms with Crippen molar-refractivity contribution in [3.8, 4) is 0 Å². The van der Waals surface area contributed by atoms with Crippen LogP contribution in [0, 0.1) is 5.92 Å². The third kappa shape index (κ3) is 3.51. The van der Waals surface area contributed by atoms with E-state index in [-0.39, 0.29) is 12.5 Å². The van der Waals surface area contributed by atoms with Crippen LogP contribution in [0.1, 0.15) is 42.3 Å². The lowest BCUT2D eigenvalue weighted by atomic mass is 9.77. The van der Waals surface area contributed by atoms with Crippen molar-refractivity contribution in [2.75, 3.05) is 6.54 Å². The minimum absolute atomic E-state index is 0.322. The summed E-state index contributed by atoms with van der Waals surface area (Å²) in [4.78, 5) is 49.0. The average molecular weight is 364 g/mol. The van der Waals surface area contributed by atoms with Gasteiger partial charge in [0.2, 0.25) is 0 Å². The zero-order chi connectivity index (χ0) is 18.0. The number of hydrogen-bond acceptors (Lipinski definition) is 5. The highest BCUT2D eigenvalue weighted by Crippen LogP contribution is 2.35. The molecule has 134 valence electrons. The van der Waals surface area contributed by atoms with E-state index in [0.29, 0.717) is 23.6 Å². The van der Waals surface area contributed by atoms with Crippen molar-refractivity contribution in [1.82, 2.24) is 21.1 Å². The van der Waals surface area contributed by atoms with E-state index in [1.807, 2.05) is 0 Å². The van der Waals surface area contributed by atoms with Crippen LogP contribution in [0.2, 0.25) is 0 Å². The SMILES string of the molecule is CC1CCC2(CC1)NC(=O)N(NC(=O)CNC(=O)c1cccs1)C2=O. The predicted molar refractivity (Wildman–Crippen MR) is 90.5 cm³/mol. The topological polar surface area (TPSA) is 108 Å². The Morgan fingerprint density at radius 1 is 1.36 bits per heavy atom. The molecule has 0 atom stereocenters. The summed E-state index contributed by atoms with van der Waals surface area (Å²) in [5.41, 5.74) is 1.38. The Morgan fingerprint density at radius 2 is 2.08 bits per heavy atom. The molecule has 25 heavy (non-hydrogen) atoms. The summed E-state index contributed by atoms with van der Waals surface area (Å²) in [6.45, 7) is 1.79. The van der Waals surface area contributed by atoms with Crippen molar-refractivity contribution >= 4 is 35.1 Å². The summed E-state index contributed by atoms with van der Waals surface area (Å²) in [6, 6.07) is 2.75. The summed E-state index contributed by atoms with van der Waals surface area (Å²) in [6.07, 6.45) is 2.84. The molecule has 1 spiro atoms. The van der Waals surface area contributed by atoms with Crippen LogP contribution in [-0.2, 0) is 9.59 Å². The van der Waals surface area contributed by atoms with Gasteiger partial charge in [-0.15, -0.1) is 11.3 Å². The minimum Gasteiger partial charge on any atom is -0.342 e. The first kappa shape index (κ1) is 17.4. The predicted octanol–water partition coefficient (Wildman–Crippen LogP) is 1.01. The first-order valence-corrected chi connectivity index (χ1v) is 9.07. The standard InChI is InChI=1S/C16H20N4O4S/c1-10-4-6-16(7-5-10)14(23)20(15(24)18-16)19-12(21)9-17-13(22)11-3-2-8-25-11/h2-3,8,10H,4-7,9H2,1H3,(H,17,22)(H,18,24)(H,19,21). The molecule has 0 radical (unpaired) electrons. The summed E-state index contributed by atoms with van der Waals surface area (Å²) in [5, 5.41) is 7.66. The Morgan fingerprint density at radius 3 is 2.72 bits per heavy atom. The number of hydrogen-bond donors (Lipinski definition) is 3. The maximum Gasteiger partial charge on any atom is 0.344 e. The number of carbonyl (C=O) groups is 4. The highest BCUT2D eigenvalue weighted by atomic mass is 32.1. The third-order valence-corrected chi connectivity index (χ3v) is 5.55. The second-order valence-electron chi connectivity index (χ2n) is 6.53. The molecule has 1 aliphatic heterocycles. The molecule has 1 aromatic heterocycles. The van der Waals surface area contributed by atoms with E-state index in [4.69, 9.17) is 0 Å². The lowest BCUT2D eigenvalue weighted by molar-refractivity contribution is -0.139. The maximum atomic E-state index is 12.6. The van der Waals surface area contributed by atoms with Crippen LogP contribution in [-0.4, -0.2) is 40.8 Å². The molecule has 1 aliphatic carbocycles. The van der Waals surface area contributed by atoms with Crippen LogP contribution >= 0.6 is 11.3 Å². The van der Waals surface area contributed by atoms with Crippen LogP contribution in [0.3, 0.4) is 0 Å². The smallest absolute Gasteiger partial charge is 0.342 e. The molecule has 3 N–H and O–H groups in total. The minimum atomic E-state index is -0.906. The number of nitrogens with zero attached hydrogens (tertiary/aromatic N) is 1. The molecule has 2 aliphatic rings. The van der Waals surface area contributed by atoms with Gasteiger partial charge >= 0.3 is 6.03 Å². The number of urea groups is 1. The molecular weight excluding hydrogens is 344 g/mol. The zero-order valence-corrected chi connectivity index (χ0v) is 14.6. The highest BCUT2D eigenvalue weighted by molar-refractivity contribution is 7.12. The third-order valence-electron chi connectivity index (χ3n) is 4.68. The van der Waals surface area contributed by atoms with Crippen LogP contribution in [0.15, 0.2) is 17.5 Å². The molecule has 3 rings (SSSR count). The molecule has 9 heteroatoms. The summed E-state index contributed by atoms with van der Waals surface area (Å²) in [7, 11) is 0. The van der Waals surface area contributed by atoms with Crippen LogP contribution < -0.4 is 16.1 Å². The number of carbonyl (C=O) groups excluding carboxylic acids is 4. The largest absolute Gasteiger partial charge is 0.344 e. The average Bonchev–Trinajstić information content (AvgIpc) is 3.20. The van der Waals surface area contributed by atoms with Gasteiger partial charge in [0.15, 0.2) is 0 Å². The number of thiophene rings is 1. The zero-order valence-electron chi connectivity index (χ0n) is 13.8. The Labute approximate surface area is 148 Å². The Bertz CT molecular complexity index is 695. The van der Waals surface area contributed by atoms with Crippen molar-refractivity contribution in [3.05, 3.63) is 22.4 Å². The normalized spacial score (nSPS) is 25.8. The van der Waals surface area contributed by atoms with Crippen molar-refractivity contribution in [2.45, 2.75) is 38.1 Å². The monoisotopic (exact) mass is 364 g/mol. The van der Waals surface area contributed by atoms with Gasteiger partial charge in [-0.25, -0.2) is 4.79 Å². The van der Waals surface area contributed by atoms with Gasteiger partial charge < -0.3 is 10.6 Å². The van der Waals surface area contributed by atoms with Crippen LogP contribution in [0.4, 0.5) is 4.79 Å². The molecule has 2 heterocycles. The fourth-order valence-electron chi connectivity index (χ4n) is 3.14. The molecule has 1 saturated carbocycles. The quantitative estimate of drug-likeness (QED) is 0.693. The van der Waals surface area contributed by atoms with Crippen molar-refractivity contribution in [3.63, 3.8) is 0 Å². The fourth-order valence-corrected chi connectivity index (χ4v) is 3.78. The van der Waals surface area contributed by atoms with Crippen molar-refractivity contribution < 1.29 is 19.2 Å². The number of imide groups is 1. The number of amides is 5. The van der Waals surface area contributed by atoms with Crippen LogP contribution in [0.5, 0.6) is 0 Å². The van der Waals surface area contributed by atoms with Gasteiger partial charge in [0.1, 0.15) is 5.54 Å². The first-order valence-electron chi connectivity index (χ1n) is 8.19. The Balaban J connectivity index is 1.55. The van der Waals surface area contributed by atoms with E-state index in [9.17, 15) is 19.2 Å². The van der Waals surface area contributed by atoms with E-state index in [0.717, 1.165) is 17.9 Å². The summed E-state index contributed by atoms with van der Waals surface area (Å²) >= 11 is 1.26. The molecule has 5 amide bonds. The van der Waals surface area contributed by atoms with Crippen molar-refractivity contribution in [2.24, 2.45) is 5.92 Å². The van der Waals surface area contributed by atoms with Gasteiger partial charge in [0, 0.05) is 0 Å². The second kappa shape index (κ2) is 6.83. The number of nitrogens with one attached hydrogen (secondary N) is 3. The molecule has 2 fully saturated rings. The Kier molecular flexibility index (Phi) is 4.76. The van der Waals surface area contributed by atoms with Gasteiger partial charge in [-0.2, -0.15) is 5.01 Å². The molecular formula is C16H20N4O4S. The van der Waals surface area contributed by atoms with Gasteiger partial charge in [-0.05, 0) is 43.0 Å². The molecule has 1 aromatic rings. The lowest BCUT2D eigenvalue weighted by Gasteiger charge is -2.33. The summed E-state index contributed by atoms with van der Waals surface area (Å²) in [5.74, 6) is -0.913. The second-order valence-corrected chi connectivity index (χ2v) is 7.48. The van der Waals surface area contributed by atoms with E-state index < -0.39 is 23.4 Å². The van der Waals surface area contributed by atoms with Gasteiger partial charge in [-0.1, -0.05) is 13.0 Å². The molecule has 0 bridgehead atoms. The van der Waals surface area contributed by atoms with Crippen LogP contribution in [0.25, 0.3) is 0 Å². The number of hydrazine groups is 1.